The highest BCUT2D eigenvalue weighted by molar-refractivity contribution is 7.91. The number of sulfonamides is 1. The third kappa shape index (κ3) is 5.21. The molecule has 9 nitrogen and oxygen atoms in total. The summed E-state index contributed by atoms with van der Waals surface area (Å²) >= 11 is 0. The molecule has 1 aromatic rings. The monoisotopic (exact) mass is 337 g/mol. The molecule has 0 unspecified atom stereocenters. The van der Waals surface area contributed by atoms with Gasteiger partial charge in [0.1, 0.15) is 0 Å². The van der Waals surface area contributed by atoms with E-state index in [-0.39, 0.29) is 17.2 Å². The van der Waals surface area contributed by atoms with Crippen molar-refractivity contribution in [2.24, 2.45) is 5.14 Å². The zero-order chi connectivity index (χ0) is 16.3. The number of primary sulfonamides is 1. The third-order valence-corrected chi connectivity index (χ3v) is 4.23. The summed E-state index contributed by atoms with van der Waals surface area (Å²) in [6, 6.07) is 3.76. The van der Waals surface area contributed by atoms with E-state index < -0.39 is 26.3 Å². The van der Waals surface area contributed by atoms with Gasteiger partial charge in [-0.2, -0.15) is 8.42 Å². The van der Waals surface area contributed by atoms with Gasteiger partial charge in [0.2, 0.25) is 10.0 Å². The summed E-state index contributed by atoms with van der Waals surface area (Å²) in [6.45, 7) is 3.02. The number of rotatable bonds is 5. The summed E-state index contributed by atoms with van der Waals surface area (Å²) in [5.74, 6) is 0. The Bertz CT molecular complexity index is 742. The first-order chi connectivity index (χ1) is 9.55. The second-order valence-corrected chi connectivity index (χ2v) is 6.90. The van der Waals surface area contributed by atoms with Crippen molar-refractivity contribution >= 4 is 32.0 Å². The topological polar surface area (TPSA) is 145 Å². The Balaban J connectivity index is 3.01. The van der Waals surface area contributed by atoms with Gasteiger partial charge in [0.25, 0.3) is 0 Å². The minimum Gasteiger partial charge on any atom is -0.449 e. The number of hydrogen-bond acceptors (Lipinski definition) is 6. The molecule has 0 aliphatic carbocycles. The number of benzene rings is 1. The van der Waals surface area contributed by atoms with Crippen molar-refractivity contribution in [1.29, 1.82) is 0 Å². The number of aryl methyl sites for hydroxylation is 1. The number of amides is 1. The van der Waals surface area contributed by atoms with Crippen LogP contribution >= 0.6 is 0 Å². The molecule has 0 aromatic heterocycles. The second kappa shape index (κ2) is 6.28. The zero-order valence-corrected chi connectivity index (χ0v) is 12.9. The zero-order valence-electron chi connectivity index (χ0n) is 11.3. The minimum absolute atomic E-state index is 0.00144. The summed E-state index contributed by atoms with van der Waals surface area (Å²) in [5.41, 5.74) is 0.292. The van der Waals surface area contributed by atoms with E-state index in [1.165, 1.54) is 26.0 Å². The number of ether oxygens (including phenoxy) is 1. The molecule has 1 amide bonds. The molecule has 0 aliphatic rings. The van der Waals surface area contributed by atoms with Gasteiger partial charge in [-0.05, 0) is 31.5 Å². The molecular formula is C10H15N3O6S2. The number of carbonyl (C=O) groups excluding carboxylic acids is 1. The van der Waals surface area contributed by atoms with Crippen molar-refractivity contribution < 1.29 is 26.4 Å². The molecule has 0 spiro atoms. The molecule has 0 aliphatic heterocycles. The van der Waals surface area contributed by atoms with Gasteiger partial charge in [-0.1, -0.05) is 6.07 Å². The molecule has 4 N–H and O–H groups in total. The van der Waals surface area contributed by atoms with E-state index in [1.807, 2.05) is 4.72 Å². The van der Waals surface area contributed by atoms with Gasteiger partial charge in [0.15, 0.2) is 0 Å². The number of carbonyl (C=O) groups is 1. The van der Waals surface area contributed by atoms with E-state index in [4.69, 9.17) is 5.14 Å². The van der Waals surface area contributed by atoms with Crippen LogP contribution < -0.4 is 14.6 Å². The average Bonchev–Trinajstić information content (AvgIpc) is 2.29. The molecule has 1 rings (SSSR count). The van der Waals surface area contributed by atoms with Gasteiger partial charge < -0.3 is 4.74 Å². The highest BCUT2D eigenvalue weighted by Gasteiger charge is 2.17. The molecule has 0 saturated heterocycles. The molecule has 0 atom stereocenters. The Hall–Kier alpha value is -1.85. The molecule has 0 bridgehead atoms. The summed E-state index contributed by atoms with van der Waals surface area (Å²) in [5, 5.41) is 5.02. The lowest BCUT2D eigenvalue weighted by Gasteiger charge is -2.11. The number of nitrogens with one attached hydrogen (secondary N) is 2. The first kappa shape index (κ1) is 17.2. The predicted molar refractivity (Wildman–Crippen MR) is 75.3 cm³/mol. The first-order valence-electron chi connectivity index (χ1n) is 5.66. The van der Waals surface area contributed by atoms with Gasteiger partial charge in [-0.15, -0.1) is 0 Å². The highest BCUT2D eigenvalue weighted by Crippen LogP contribution is 2.19. The maximum absolute atomic E-state index is 11.6. The van der Waals surface area contributed by atoms with Crippen molar-refractivity contribution in [3.63, 3.8) is 0 Å². The quantitative estimate of drug-likeness (QED) is 0.692. The van der Waals surface area contributed by atoms with Crippen molar-refractivity contribution in [2.45, 2.75) is 18.7 Å². The van der Waals surface area contributed by atoms with Crippen molar-refractivity contribution in [2.75, 3.05) is 11.3 Å². The van der Waals surface area contributed by atoms with Crippen LogP contribution in [0.4, 0.5) is 10.5 Å². The molecule has 21 heavy (non-hydrogen) atoms. The minimum atomic E-state index is -4.24. The van der Waals surface area contributed by atoms with Crippen LogP contribution in [-0.2, 0) is 25.0 Å². The molecule has 11 heteroatoms. The number of nitrogens with two attached hydrogens (primary N) is 1. The lowest BCUT2D eigenvalue weighted by Crippen LogP contribution is -2.35. The summed E-state index contributed by atoms with van der Waals surface area (Å²) in [7, 11) is -8.23. The normalized spacial score (nSPS) is 11.8. The third-order valence-electron chi connectivity index (χ3n) is 2.24. The van der Waals surface area contributed by atoms with E-state index in [9.17, 15) is 21.6 Å². The smallest absolute Gasteiger partial charge is 0.422 e. The predicted octanol–water partition coefficient (Wildman–Crippen LogP) is 0.0452. The molecule has 1 aromatic carbocycles. The average molecular weight is 337 g/mol. The van der Waals surface area contributed by atoms with Crippen LogP contribution in [0.2, 0.25) is 0 Å². The maximum Gasteiger partial charge on any atom is 0.422 e. The number of anilines is 1. The lowest BCUT2D eigenvalue weighted by molar-refractivity contribution is 0.159. The Labute approximate surface area is 122 Å². The lowest BCUT2D eigenvalue weighted by atomic mass is 10.2. The molecule has 118 valence electrons. The Morgan fingerprint density at radius 1 is 1.29 bits per heavy atom. The van der Waals surface area contributed by atoms with Crippen LogP contribution in [-0.4, -0.2) is 29.5 Å². The van der Waals surface area contributed by atoms with Crippen LogP contribution in [0.15, 0.2) is 23.1 Å². The largest absolute Gasteiger partial charge is 0.449 e. The highest BCUT2D eigenvalue weighted by atomic mass is 32.2. The van der Waals surface area contributed by atoms with Crippen LogP contribution in [0.1, 0.15) is 12.5 Å². The van der Waals surface area contributed by atoms with Crippen LogP contribution in [0.25, 0.3) is 0 Å². The maximum atomic E-state index is 11.6. The van der Waals surface area contributed by atoms with E-state index in [0.29, 0.717) is 5.56 Å². The van der Waals surface area contributed by atoms with Gasteiger partial charge >= 0.3 is 16.3 Å². The summed E-state index contributed by atoms with van der Waals surface area (Å²) in [4.78, 5) is 10.8. The first-order valence-corrected chi connectivity index (χ1v) is 8.69. The summed E-state index contributed by atoms with van der Waals surface area (Å²) < 4.78 is 54.0. The van der Waals surface area contributed by atoms with Crippen LogP contribution in [0.5, 0.6) is 0 Å². The Kier molecular flexibility index (Phi) is 5.15. The van der Waals surface area contributed by atoms with Crippen molar-refractivity contribution in [3.8, 4) is 0 Å². The van der Waals surface area contributed by atoms with E-state index in [2.05, 4.69) is 4.74 Å². The Morgan fingerprint density at radius 3 is 2.43 bits per heavy atom. The van der Waals surface area contributed by atoms with Gasteiger partial charge in [0, 0.05) is 0 Å². The van der Waals surface area contributed by atoms with Crippen LogP contribution in [0.3, 0.4) is 0 Å². The van der Waals surface area contributed by atoms with Crippen molar-refractivity contribution in [3.05, 3.63) is 23.8 Å². The molecule has 0 radical (unpaired) electrons. The van der Waals surface area contributed by atoms with Gasteiger partial charge in [0.05, 0.1) is 17.2 Å². The Morgan fingerprint density at radius 2 is 1.90 bits per heavy atom. The second-order valence-electron chi connectivity index (χ2n) is 3.95. The molecule has 0 fully saturated rings. The fraction of sp³-hybridized carbons (Fsp3) is 0.300. The standard InChI is InChI=1S/C10H15N3O6S2/c1-3-19-10(14)13-21(17,18)12-8-5-4-7(2)9(6-8)20(11,15)16/h4-6,12H,3H2,1-2H3,(H,13,14)(H2,11,15,16). The van der Waals surface area contributed by atoms with E-state index in [1.54, 1.807) is 4.72 Å². The molecule has 0 saturated carbocycles. The van der Waals surface area contributed by atoms with Gasteiger partial charge in [-0.3, -0.25) is 4.72 Å². The summed E-state index contributed by atoms with van der Waals surface area (Å²) in [6.07, 6.45) is -1.15. The number of hydrogen-bond donors (Lipinski definition) is 3. The fourth-order valence-electron chi connectivity index (χ4n) is 1.42. The van der Waals surface area contributed by atoms with E-state index >= 15 is 0 Å². The SMILES string of the molecule is CCOC(=O)NS(=O)(=O)Nc1ccc(C)c(S(N)(=O)=O)c1. The molecular weight excluding hydrogens is 322 g/mol. The fourth-order valence-corrected chi connectivity index (χ4v) is 3.00. The van der Waals surface area contributed by atoms with E-state index in [0.717, 1.165) is 6.07 Å². The molecule has 0 heterocycles. The van der Waals surface area contributed by atoms with Crippen molar-refractivity contribution in [1.82, 2.24) is 4.72 Å². The van der Waals surface area contributed by atoms with Crippen LogP contribution in [0, 0.1) is 6.92 Å². The van der Waals surface area contributed by atoms with Gasteiger partial charge in [-0.25, -0.2) is 23.1 Å².